The van der Waals surface area contributed by atoms with Gasteiger partial charge in [-0.3, -0.25) is 4.79 Å². The molecule has 2 aromatic heterocycles. The van der Waals surface area contributed by atoms with Crippen molar-refractivity contribution in [3.05, 3.63) is 18.0 Å². The molecule has 2 rings (SSSR count). The minimum absolute atomic E-state index is 0.0763. The number of aromatic nitrogens is 4. The lowest BCUT2D eigenvalue weighted by Gasteiger charge is -1.96. The lowest BCUT2D eigenvalue weighted by atomic mass is 10.3. The van der Waals surface area contributed by atoms with E-state index in [4.69, 9.17) is 9.26 Å². The van der Waals surface area contributed by atoms with E-state index in [-0.39, 0.29) is 18.1 Å². The van der Waals surface area contributed by atoms with Crippen LogP contribution in [0.1, 0.15) is 5.89 Å². The smallest absolute Gasteiger partial charge is 0.315 e. The molecule has 94 valence electrons. The SMILES string of the molecule is COC(=O)Cc1nc(-c2ccc(OC)nn2)no1. The zero-order valence-electron chi connectivity index (χ0n) is 9.78. The molecule has 8 heteroatoms. The zero-order valence-corrected chi connectivity index (χ0v) is 9.78. The molecular formula is C10H10N4O4. The first-order valence-electron chi connectivity index (χ1n) is 5.00. The second-order valence-corrected chi connectivity index (χ2v) is 3.23. The van der Waals surface area contributed by atoms with Gasteiger partial charge in [-0.1, -0.05) is 5.16 Å². The highest BCUT2D eigenvalue weighted by Crippen LogP contribution is 2.14. The van der Waals surface area contributed by atoms with Crippen LogP contribution >= 0.6 is 0 Å². The van der Waals surface area contributed by atoms with E-state index in [1.807, 2.05) is 0 Å². The second kappa shape index (κ2) is 5.21. The predicted molar refractivity (Wildman–Crippen MR) is 57.6 cm³/mol. The van der Waals surface area contributed by atoms with E-state index in [0.717, 1.165) is 0 Å². The van der Waals surface area contributed by atoms with Crippen LogP contribution in [0.4, 0.5) is 0 Å². The van der Waals surface area contributed by atoms with Crippen LogP contribution in [0.2, 0.25) is 0 Å². The van der Waals surface area contributed by atoms with E-state index in [1.165, 1.54) is 14.2 Å². The molecule has 2 aromatic rings. The van der Waals surface area contributed by atoms with E-state index in [9.17, 15) is 4.79 Å². The molecule has 0 saturated heterocycles. The summed E-state index contributed by atoms with van der Waals surface area (Å²) in [6.07, 6.45) is -0.0763. The summed E-state index contributed by atoms with van der Waals surface area (Å²) < 4.78 is 14.3. The van der Waals surface area contributed by atoms with Gasteiger partial charge in [0.2, 0.25) is 17.6 Å². The van der Waals surface area contributed by atoms with Crippen molar-refractivity contribution < 1.29 is 18.8 Å². The van der Waals surface area contributed by atoms with Crippen LogP contribution in [0, 0.1) is 0 Å². The third kappa shape index (κ3) is 2.59. The Labute approximate surface area is 102 Å². The summed E-state index contributed by atoms with van der Waals surface area (Å²) in [7, 11) is 2.78. The standard InChI is InChI=1S/C10H10N4O4/c1-16-7-4-3-6(12-13-7)10-11-8(18-14-10)5-9(15)17-2/h3-4H,5H2,1-2H3. The maximum atomic E-state index is 11.0. The molecule has 2 heterocycles. The molecule has 8 nitrogen and oxygen atoms in total. The van der Waals surface area contributed by atoms with Crippen LogP contribution in [0.5, 0.6) is 5.88 Å². The van der Waals surface area contributed by atoms with Crippen molar-refractivity contribution in [2.24, 2.45) is 0 Å². The molecule has 0 radical (unpaired) electrons. The summed E-state index contributed by atoms with van der Waals surface area (Å²) in [4.78, 5) is 15.0. The van der Waals surface area contributed by atoms with Crippen molar-refractivity contribution in [2.45, 2.75) is 6.42 Å². The van der Waals surface area contributed by atoms with E-state index in [0.29, 0.717) is 11.6 Å². The molecule has 0 amide bonds. The van der Waals surface area contributed by atoms with E-state index >= 15 is 0 Å². The van der Waals surface area contributed by atoms with Gasteiger partial charge >= 0.3 is 5.97 Å². The Morgan fingerprint density at radius 3 is 2.78 bits per heavy atom. The predicted octanol–water partition coefficient (Wildman–Crippen LogP) is 0.251. The van der Waals surface area contributed by atoms with E-state index in [2.05, 4.69) is 25.1 Å². The van der Waals surface area contributed by atoms with Gasteiger partial charge in [0, 0.05) is 6.07 Å². The number of ether oxygens (including phenoxy) is 2. The Bertz CT molecular complexity index is 537. The highest BCUT2D eigenvalue weighted by Gasteiger charge is 2.13. The third-order valence-electron chi connectivity index (χ3n) is 2.07. The first kappa shape index (κ1) is 12.0. The molecule has 0 aliphatic carbocycles. The van der Waals surface area contributed by atoms with Crippen LogP contribution in [0.25, 0.3) is 11.5 Å². The number of nitrogens with zero attached hydrogens (tertiary/aromatic N) is 4. The first-order chi connectivity index (χ1) is 8.72. The van der Waals surface area contributed by atoms with Gasteiger partial charge in [-0.05, 0) is 6.07 Å². The molecular weight excluding hydrogens is 240 g/mol. The molecule has 0 aromatic carbocycles. The molecule has 0 aliphatic rings. The maximum Gasteiger partial charge on any atom is 0.315 e. The Kier molecular flexibility index (Phi) is 3.46. The minimum Gasteiger partial charge on any atom is -0.480 e. The Morgan fingerprint density at radius 2 is 2.17 bits per heavy atom. The number of methoxy groups -OCH3 is 2. The van der Waals surface area contributed by atoms with E-state index in [1.54, 1.807) is 12.1 Å². The average Bonchev–Trinajstić information content (AvgIpc) is 2.87. The van der Waals surface area contributed by atoms with E-state index < -0.39 is 5.97 Å². The summed E-state index contributed by atoms with van der Waals surface area (Å²) >= 11 is 0. The van der Waals surface area contributed by atoms with Crippen molar-refractivity contribution in [1.29, 1.82) is 0 Å². The summed E-state index contributed by atoms with van der Waals surface area (Å²) in [5, 5.41) is 11.3. The van der Waals surface area contributed by atoms with Crippen LogP contribution in [0.15, 0.2) is 16.7 Å². The van der Waals surface area contributed by atoms with Crippen molar-refractivity contribution in [2.75, 3.05) is 14.2 Å². The molecule has 0 spiro atoms. The molecule has 0 bridgehead atoms. The Morgan fingerprint density at radius 1 is 1.33 bits per heavy atom. The Hall–Kier alpha value is -2.51. The second-order valence-electron chi connectivity index (χ2n) is 3.23. The van der Waals surface area contributed by atoms with Crippen LogP contribution < -0.4 is 4.74 Å². The highest BCUT2D eigenvalue weighted by molar-refractivity contribution is 5.71. The van der Waals surface area contributed by atoms with Gasteiger partial charge in [0.15, 0.2) is 0 Å². The number of rotatable bonds is 4. The fourth-order valence-electron chi connectivity index (χ4n) is 1.17. The number of esters is 1. The summed E-state index contributed by atoms with van der Waals surface area (Å²) in [5.41, 5.74) is 0.427. The largest absolute Gasteiger partial charge is 0.480 e. The topological polar surface area (TPSA) is 100 Å². The lowest BCUT2D eigenvalue weighted by Crippen LogP contribution is -2.04. The quantitative estimate of drug-likeness (QED) is 0.712. The summed E-state index contributed by atoms with van der Waals surface area (Å²) in [5.74, 6) is 0.349. The van der Waals surface area contributed by atoms with Gasteiger partial charge in [0.05, 0.1) is 14.2 Å². The zero-order chi connectivity index (χ0) is 13.0. The average molecular weight is 250 g/mol. The normalized spacial score (nSPS) is 10.1. The first-order valence-corrected chi connectivity index (χ1v) is 5.00. The minimum atomic E-state index is -0.453. The van der Waals surface area contributed by atoms with Crippen LogP contribution in [-0.4, -0.2) is 40.5 Å². The molecule has 18 heavy (non-hydrogen) atoms. The molecule has 0 saturated carbocycles. The van der Waals surface area contributed by atoms with Gasteiger partial charge in [-0.2, -0.15) is 4.98 Å². The van der Waals surface area contributed by atoms with Gasteiger partial charge in [0.25, 0.3) is 0 Å². The van der Waals surface area contributed by atoms with Gasteiger partial charge in [0.1, 0.15) is 12.1 Å². The third-order valence-corrected chi connectivity index (χ3v) is 2.07. The maximum absolute atomic E-state index is 11.0. The fourth-order valence-corrected chi connectivity index (χ4v) is 1.17. The molecule has 0 N–H and O–H groups in total. The number of hydrogen-bond donors (Lipinski definition) is 0. The van der Waals surface area contributed by atoms with Crippen LogP contribution in [0.3, 0.4) is 0 Å². The number of carbonyl (C=O) groups excluding carboxylic acids is 1. The lowest BCUT2D eigenvalue weighted by molar-refractivity contribution is -0.140. The molecule has 0 aliphatic heterocycles. The molecule has 0 atom stereocenters. The van der Waals surface area contributed by atoms with Crippen molar-refractivity contribution >= 4 is 5.97 Å². The van der Waals surface area contributed by atoms with Crippen molar-refractivity contribution in [3.8, 4) is 17.4 Å². The van der Waals surface area contributed by atoms with Gasteiger partial charge < -0.3 is 14.0 Å². The molecule has 0 fully saturated rings. The fraction of sp³-hybridized carbons (Fsp3) is 0.300. The molecule has 0 unspecified atom stereocenters. The van der Waals surface area contributed by atoms with Gasteiger partial charge in [-0.15, -0.1) is 10.2 Å². The van der Waals surface area contributed by atoms with Crippen molar-refractivity contribution in [3.63, 3.8) is 0 Å². The number of carbonyl (C=O) groups is 1. The summed E-state index contributed by atoms with van der Waals surface area (Å²) in [6, 6.07) is 3.26. The van der Waals surface area contributed by atoms with Crippen molar-refractivity contribution in [1.82, 2.24) is 20.3 Å². The van der Waals surface area contributed by atoms with Crippen LogP contribution in [-0.2, 0) is 16.0 Å². The number of hydrogen-bond acceptors (Lipinski definition) is 8. The highest BCUT2D eigenvalue weighted by atomic mass is 16.5. The van der Waals surface area contributed by atoms with Gasteiger partial charge in [-0.25, -0.2) is 0 Å². The summed E-state index contributed by atoms with van der Waals surface area (Å²) in [6.45, 7) is 0. The Balaban J connectivity index is 2.15. The monoisotopic (exact) mass is 250 g/mol.